The fourth-order valence-electron chi connectivity index (χ4n) is 7.60. The number of nitrogens with one attached hydrogen (secondary N) is 1. The van der Waals surface area contributed by atoms with E-state index in [1.165, 1.54) is 5.56 Å². The van der Waals surface area contributed by atoms with Crippen LogP contribution < -0.4 is 15.4 Å². The lowest BCUT2D eigenvalue weighted by atomic mass is 9.65. The number of anilines is 1. The maximum Gasteiger partial charge on any atom is 0.252 e. The third-order valence-corrected chi connectivity index (χ3v) is 10.0. The van der Waals surface area contributed by atoms with Crippen LogP contribution in [0.5, 0.6) is 11.5 Å². The molecule has 222 valence electrons. The van der Waals surface area contributed by atoms with E-state index in [9.17, 15) is 9.59 Å². The number of benzene rings is 2. The first kappa shape index (κ1) is 27.8. The van der Waals surface area contributed by atoms with Crippen molar-refractivity contribution in [2.24, 2.45) is 17.1 Å². The molecule has 1 unspecified atom stereocenters. The highest BCUT2D eigenvalue weighted by molar-refractivity contribution is 6.30. The second-order valence-electron chi connectivity index (χ2n) is 12.4. The normalized spacial score (nSPS) is 20.1. The van der Waals surface area contributed by atoms with Crippen molar-refractivity contribution in [3.63, 3.8) is 0 Å². The summed E-state index contributed by atoms with van der Waals surface area (Å²) < 4.78 is 6.15. The van der Waals surface area contributed by atoms with Crippen LogP contribution in [0.25, 0.3) is 11.0 Å². The number of carbonyl (C=O) groups excluding carboxylic acids is 2. The predicted octanol–water partition coefficient (Wildman–Crippen LogP) is 6.78. The molecule has 2 aliphatic heterocycles. The third-order valence-electron chi connectivity index (χ3n) is 9.81. The molecule has 3 fully saturated rings. The highest BCUT2D eigenvalue weighted by atomic mass is 35.5. The number of aryl methyl sites for hydroxylation is 1. The maximum absolute atomic E-state index is 13.7. The largest absolute Gasteiger partial charge is 0.455 e. The lowest BCUT2D eigenvalue weighted by molar-refractivity contribution is -0.174. The Morgan fingerprint density at radius 2 is 1.91 bits per heavy atom. The molecule has 7 rings (SSSR count). The Kier molecular flexibility index (Phi) is 7.04. The number of β-lactam (4-membered cyclic amide) rings is 1. The third kappa shape index (κ3) is 4.91. The molecule has 2 aromatic heterocycles. The van der Waals surface area contributed by atoms with Crippen LogP contribution in [-0.4, -0.2) is 46.3 Å². The SMILES string of the molecule is Cc1cc(Cl)ccc1C1N(CC2CCN(c3ccc(C(N)=O)c(Oc4cnc5[nH]ccc5c4)c3)CC2)C(=O)C12CCCC2. The van der Waals surface area contributed by atoms with E-state index in [2.05, 4.69) is 32.8 Å². The fraction of sp³-hybridized carbons (Fsp3) is 0.382. The van der Waals surface area contributed by atoms with E-state index in [1.54, 1.807) is 12.3 Å². The molecule has 1 spiro atoms. The number of rotatable bonds is 7. The van der Waals surface area contributed by atoms with Crippen molar-refractivity contribution in [1.29, 1.82) is 0 Å². The number of carbonyl (C=O) groups is 2. The number of ether oxygens (including phenoxy) is 1. The van der Waals surface area contributed by atoms with Gasteiger partial charge in [0.05, 0.1) is 23.2 Å². The number of nitrogens with zero attached hydrogens (tertiary/aromatic N) is 3. The van der Waals surface area contributed by atoms with Crippen molar-refractivity contribution in [2.75, 3.05) is 24.5 Å². The summed E-state index contributed by atoms with van der Waals surface area (Å²) >= 11 is 6.29. The summed E-state index contributed by atoms with van der Waals surface area (Å²) in [5.74, 6) is 1.17. The molecule has 4 aromatic rings. The molecular formula is C34H36ClN5O3. The van der Waals surface area contributed by atoms with Gasteiger partial charge in [0.2, 0.25) is 5.91 Å². The number of fused-ring (bicyclic) bond motifs is 1. The van der Waals surface area contributed by atoms with Gasteiger partial charge in [-0.1, -0.05) is 30.5 Å². The Hall–Kier alpha value is -4.04. The van der Waals surface area contributed by atoms with Crippen LogP contribution in [0.1, 0.15) is 66.1 Å². The van der Waals surface area contributed by atoms with E-state index >= 15 is 0 Å². The summed E-state index contributed by atoms with van der Waals surface area (Å²) in [5.41, 5.74) is 9.94. The highest BCUT2D eigenvalue weighted by Gasteiger charge is 2.61. The van der Waals surface area contributed by atoms with Gasteiger partial charge in [-0.2, -0.15) is 0 Å². The molecular weight excluding hydrogens is 562 g/mol. The van der Waals surface area contributed by atoms with Crippen molar-refractivity contribution >= 4 is 40.1 Å². The zero-order valence-electron chi connectivity index (χ0n) is 24.3. The Morgan fingerprint density at radius 3 is 2.65 bits per heavy atom. The summed E-state index contributed by atoms with van der Waals surface area (Å²) in [5, 5.41) is 1.66. The zero-order valence-corrected chi connectivity index (χ0v) is 25.1. The molecule has 1 aliphatic carbocycles. The molecule has 4 heterocycles. The van der Waals surface area contributed by atoms with Gasteiger partial charge in [0, 0.05) is 48.0 Å². The van der Waals surface area contributed by atoms with Crippen LogP contribution >= 0.6 is 11.6 Å². The Balaban J connectivity index is 1.05. The molecule has 9 heteroatoms. The van der Waals surface area contributed by atoms with Gasteiger partial charge < -0.3 is 25.3 Å². The zero-order chi connectivity index (χ0) is 29.7. The summed E-state index contributed by atoms with van der Waals surface area (Å²) in [7, 11) is 0. The molecule has 1 atom stereocenters. The van der Waals surface area contributed by atoms with Crippen molar-refractivity contribution in [3.05, 3.63) is 82.6 Å². The number of piperidine rings is 1. The summed E-state index contributed by atoms with van der Waals surface area (Å²) in [6.45, 7) is 4.61. The molecule has 2 amide bonds. The Bertz CT molecular complexity index is 1700. The summed E-state index contributed by atoms with van der Waals surface area (Å²) in [6, 6.07) is 15.6. The molecule has 8 nitrogen and oxygen atoms in total. The average Bonchev–Trinajstić information content (AvgIpc) is 3.69. The van der Waals surface area contributed by atoms with E-state index in [1.807, 2.05) is 42.6 Å². The maximum atomic E-state index is 13.7. The quantitative estimate of drug-likeness (QED) is 0.229. The minimum Gasteiger partial charge on any atom is -0.455 e. The molecule has 3 aliphatic rings. The smallest absolute Gasteiger partial charge is 0.252 e. The monoisotopic (exact) mass is 597 g/mol. The number of aromatic amines is 1. The van der Waals surface area contributed by atoms with Crippen LogP contribution in [0.4, 0.5) is 5.69 Å². The molecule has 2 saturated heterocycles. The van der Waals surface area contributed by atoms with Crippen molar-refractivity contribution in [3.8, 4) is 11.5 Å². The minimum absolute atomic E-state index is 0.138. The van der Waals surface area contributed by atoms with Gasteiger partial charge in [0.15, 0.2) is 0 Å². The number of likely N-dealkylation sites (tertiary alicyclic amines) is 1. The number of amides is 2. The number of aromatic nitrogens is 2. The van der Waals surface area contributed by atoms with E-state index in [-0.39, 0.29) is 11.5 Å². The number of H-pyrrole nitrogens is 1. The first-order chi connectivity index (χ1) is 20.8. The van der Waals surface area contributed by atoms with Crippen molar-refractivity contribution in [1.82, 2.24) is 14.9 Å². The predicted molar refractivity (Wildman–Crippen MR) is 168 cm³/mol. The molecule has 2 aromatic carbocycles. The van der Waals surface area contributed by atoms with Gasteiger partial charge in [-0.15, -0.1) is 0 Å². The lowest BCUT2D eigenvalue weighted by Gasteiger charge is -2.56. The Labute approximate surface area is 256 Å². The summed E-state index contributed by atoms with van der Waals surface area (Å²) in [6.07, 6.45) is 9.62. The van der Waals surface area contributed by atoms with Gasteiger partial charge >= 0.3 is 0 Å². The number of hydrogen-bond donors (Lipinski definition) is 2. The number of hydrogen-bond acceptors (Lipinski definition) is 5. The molecule has 3 N–H and O–H groups in total. The van der Waals surface area contributed by atoms with E-state index in [0.717, 1.165) is 85.5 Å². The lowest BCUT2D eigenvalue weighted by Crippen LogP contribution is -2.63. The van der Waals surface area contributed by atoms with Crippen LogP contribution in [0, 0.1) is 18.3 Å². The van der Waals surface area contributed by atoms with E-state index in [0.29, 0.717) is 28.9 Å². The van der Waals surface area contributed by atoms with Gasteiger partial charge in [-0.05, 0) is 86.1 Å². The minimum atomic E-state index is -0.541. The molecule has 43 heavy (non-hydrogen) atoms. The van der Waals surface area contributed by atoms with Gasteiger partial charge in [0.25, 0.3) is 5.91 Å². The second kappa shape index (κ2) is 10.9. The topological polar surface area (TPSA) is 105 Å². The Morgan fingerprint density at radius 1 is 1.12 bits per heavy atom. The van der Waals surface area contributed by atoms with Crippen LogP contribution in [0.2, 0.25) is 5.02 Å². The second-order valence-corrected chi connectivity index (χ2v) is 12.8. The number of pyridine rings is 1. The summed E-state index contributed by atoms with van der Waals surface area (Å²) in [4.78, 5) is 37.8. The van der Waals surface area contributed by atoms with Gasteiger partial charge in [0.1, 0.15) is 17.1 Å². The van der Waals surface area contributed by atoms with E-state index in [4.69, 9.17) is 22.1 Å². The standard InChI is InChI=1S/C34H36ClN5O3/c1-21-16-24(35)4-6-27(21)30-34(11-2-3-12-34)33(42)40(30)20-22-9-14-39(15-10-22)25-5-7-28(31(36)41)29(18-25)43-26-17-23-8-13-37-32(23)38-19-26/h4-8,13,16-19,22,30H,2-3,9-12,14-15,20H2,1H3,(H2,36,41)(H,37,38). The average molecular weight is 598 g/mol. The van der Waals surface area contributed by atoms with E-state index < -0.39 is 5.91 Å². The van der Waals surface area contributed by atoms with Crippen molar-refractivity contribution in [2.45, 2.75) is 51.5 Å². The van der Waals surface area contributed by atoms with Crippen LogP contribution in [0.15, 0.2) is 60.9 Å². The van der Waals surface area contributed by atoms with Gasteiger partial charge in [-0.25, -0.2) is 4.98 Å². The van der Waals surface area contributed by atoms with Crippen LogP contribution in [-0.2, 0) is 4.79 Å². The van der Waals surface area contributed by atoms with Crippen LogP contribution in [0.3, 0.4) is 0 Å². The molecule has 0 radical (unpaired) electrons. The number of nitrogens with two attached hydrogens (primary N) is 1. The fourth-order valence-corrected chi connectivity index (χ4v) is 7.82. The first-order valence-electron chi connectivity index (χ1n) is 15.2. The molecule has 0 bridgehead atoms. The van der Waals surface area contributed by atoms with Gasteiger partial charge in [-0.3, -0.25) is 9.59 Å². The molecule has 1 saturated carbocycles. The highest BCUT2D eigenvalue weighted by Crippen LogP contribution is 2.60. The number of primary amides is 1. The first-order valence-corrected chi connectivity index (χ1v) is 15.6. The number of halogens is 1. The van der Waals surface area contributed by atoms with Crippen molar-refractivity contribution < 1.29 is 14.3 Å².